The number of nitro groups is 1. The molecule has 2 aromatic carbocycles. The molecule has 0 radical (unpaired) electrons. The van der Waals surface area contributed by atoms with Gasteiger partial charge in [-0.2, -0.15) is 16.9 Å². The Hall–Kier alpha value is -2.84. The molecular formula is C19H15ClN4O3S. The predicted octanol–water partition coefficient (Wildman–Crippen LogP) is 4.36. The minimum atomic E-state index is -0.463. The molecule has 28 heavy (non-hydrogen) atoms. The number of rotatable bonds is 5. The fourth-order valence-corrected chi connectivity index (χ4v) is 4.17. The zero-order valence-electron chi connectivity index (χ0n) is 14.6. The first-order chi connectivity index (χ1) is 13.5. The average molecular weight is 415 g/mol. The number of carbonyl (C=O) groups excluding carboxylic acids is 1. The van der Waals surface area contributed by atoms with Crippen molar-refractivity contribution in [1.29, 1.82) is 0 Å². The van der Waals surface area contributed by atoms with E-state index in [9.17, 15) is 14.9 Å². The summed E-state index contributed by atoms with van der Waals surface area (Å²) in [6, 6.07) is 13.2. The van der Waals surface area contributed by atoms with Gasteiger partial charge in [0, 0.05) is 34.2 Å². The maximum Gasteiger partial charge on any atom is 0.269 e. The highest BCUT2D eigenvalue weighted by molar-refractivity contribution is 7.98. The summed E-state index contributed by atoms with van der Waals surface area (Å²) in [5.74, 6) is 2.05. The van der Waals surface area contributed by atoms with E-state index in [1.807, 2.05) is 12.1 Å². The number of hydrogen-bond acceptors (Lipinski definition) is 5. The molecule has 4 rings (SSSR count). The van der Waals surface area contributed by atoms with Crippen LogP contribution in [0.1, 0.15) is 16.8 Å². The molecular weight excluding hydrogens is 400 g/mol. The molecule has 3 aromatic rings. The fraction of sp³-hybridized carbons (Fsp3) is 0.158. The average Bonchev–Trinajstić information content (AvgIpc) is 3.26. The number of thioether (sulfide) groups is 1. The number of aromatic nitrogens is 2. The van der Waals surface area contributed by atoms with Gasteiger partial charge < -0.3 is 5.32 Å². The molecule has 0 saturated carbocycles. The number of halogens is 1. The summed E-state index contributed by atoms with van der Waals surface area (Å²) in [6.45, 7) is 0. The number of fused-ring (bicyclic) bond motifs is 1. The summed E-state index contributed by atoms with van der Waals surface area (Å²) < 4.78 is 1.73. The number of nitro benzene ring substituents is 1. The van der Waals surface area contributed by atoms with Crippen LogP contribution in [0.3, 0.4) is 0 Å². The number of anilines is 1. The lowest BCUT2D eigenvalue weighted by molar-refractivity contribution is -0.384. The maximum absolute atomic E-state index is 12.6. The van der Waals surface area contributed by atoms with Gasteiger partial charge in [-0.25, -0.2) is 4.68 Å². The van der Waals surface area contributed by atoms with Crippen LogP contribution in [0.5, 0.6) is 0 Å². The van der Waals surface area contributed by atoms with Crippen molar-refractivity contribution in [3.8, 4) is 5.69 Å². The Morgan fingerprint density at radius 1 is 1.18 bits per heavy atom. The van der Waals surface area contributed by atoms with Gasteiger partial charge in [-0.3, -0.25) is 14.9 Å². The molecule has 1 aromatic heterocycles. The molecule has 1 amide bonds. The van der Waals surface area contributed by atoms with Gasteiger partial charge >= 0.3 is 0 Å². The third kappa shape index (κ3) is 3.74. The molecule has 1 aliphatic rings. The lowest BCUT2D eigenvalue weighted by atomic mass is 10.1. The van der Waals surface area contributed by atoms with Crippen LogP contribution in [0.2, 0.25) is 5.02 Å². The number of benzene rings is 2. The van der Waals surface area contributed by atoms with Crippen molar-refractivity contribution in [3.05, 3.63) is 80.5 Å². The van der Waals surface area contributed by atoms with Crippen LogP contribution >= 0.6 is 23.4 Å². The molecule has 142 valence electrons. The summed E-state index contributed by atoms with van der Waals surface area (Å²) in [7, 11) is 0. The fourth-order valence-electron chi connectivity index (χ4n) is 3.01. The van der Waals surface area contributed by atoms with Crippen molar-refractivity contribution < 1.29 is 9.72 Å². The normalized spacial score (nSPS) is 12.6. The van der Waals surface area contributed by atoms with Crippen molar-refractivity contribution in [2.45, 2.75) is 17.9 Å². The second-order valence-corrected chi connectivity index (χ2v) is 7.73. The number of hydrogen-bond donors (Lipinski definition) is 1. The topological polar surface area (TPSA) is 90.1 Å². The van der Waals surface area contributed by atoms with Crippen LogP contribution in [0.4, 0.5) is 11.5 Å². The first kappa shape index (κ1) is 18.5. The SMILES string of the molecule is O=C(Cc1ccc([N+](=O)[O-])cc1)Nc1c2c(nn1-c1ccc(Cl)cc1)CSC2. The van der Waals surface area contributed by atoms with E-state index >= 15 is 0 Å². The largest absolute Gasteiger partial charge is 0.310 e. The number of nitrogens with one attached hydrogen (secondary N) is 1. The van der Waals surface area contributed by atoms with E-state index in [4.69, 9.17) is 11.6 Å². The highest BCUT2D eigenvalue weighted by atomic mass is 35.5. The highest BCUT2D eigenvalue weighted by Gasteiger charge is 2.24. The quantitative estimate of drug-likeness (QED) is 0.494. The molecule has 0 atom stereocenters. The number of nitrogens with zero attached hydrogens (tertiary/aromatic N) is 3. The molecule has 7 nitrogen and oxygen atoms in total. The van der Waals surface area contributed by atoms with Gasteiger partial charge in [0.25, 0.3) is 5.69 Å². The Morgan fingerprint density at radius 2 is 1.89 bits per heavy atom. The Kier molecular flexibility index (Phi) is 5.06. The molecule has 1 N–H and O–H groups in total. The Labute approximate surface area is 169 Å². The minimum absolute atomic E-state index is 0.000169. The lowest BCUT2D eigenvalue weighted by Gasteiger charge is -2.11. The van der Waals surface area contributed by atoms with Crippen molar-refractivity contribution in [2.24, 2.45) is 0 Å². The van der Waals surface area contributed by atoms with Gasteiger partial charge in [-0.05, 0) is 29.8 Å². The van der Waals surface area contributed by atoms with Gasteiger partial charge in [0.2, 0.25) is 5.91 Å². The van der Waals surface area contributed by atoms with E-state index in [0.29, 0.717) is 16.4 Å². The van der Waals surface area contributed by atoms with E-state index in [1.54, 1.807) is 40.7 Å². The summed E-state index contributed by atoms with van der Waals surface area (Å²) >= 11 is 7.73. The third-order valence-corrected chi connectivity index (χ3v) is 5.62. The van der Waals surface area contributed by atoms with Crippen LogP contribution in [0, 0.1) is 10.1 Å². The van der Waals surface area contributed by atoms with Gasteiger partial charge in [0.05, 0.1) is 22.7 Å². The van der Waals surface area contributed by atoms with Gasteiger partial charge in [-0.1, -0.05) is 23.7 Å². The number of amides is 1. The van der Waals surface area contributed by atoms with Crippen LogP contribution in [-0.2, 0) is 22.7 Å². The van der Waals surface area contributed by atoms with Crippen molar-refractivity contribution >= 4 is 40.8 Å². The molecule has 0 saturated heterocycles. The summed E-state index contributed by atoms with van der Waals surface area (Å²) in [5, 5.41) is 19.0. The molecule has 0 fully saturated rings. The zero-order valence-corrected chi connectivity index (χ0v) is 16.2. The molecule has 0 spiro atoms. The van der Waals surface area contributed by atoms with Gasteiger partial charge in [0.15, 0.2) is 0 Å². The molecule has 0 aliphatic carbocycles. The van der Waals surface area contributed by atoms with E-state index < -0.39 is 4.92 Å². The molecule has 2 heterocycles. The summed E-state index contributed by atoms with van der Waals surface area (Å²) in [4.78, 5) is 22.9. The zero-order chi connectivity index (χ0) is 19.7. The van der Waals surface area contributed by atoms with Crippen LogP contribution in [0.15, 0.2) is 48.5 Å². The van der Waals surface area contributed by atoms with Crippen molar-refractivity contribution in [1.82, 2.24) is 9.78 Å². The first-order valence-electron chi connectivity index (χ1n) is 8.49. The molecule has 1 aliphatic heterocycles. The second-order valence-electron chi connectivity index (χ2n) is 6.30. The molecule has 9 heteroatoms. The monoisotopic (exact) mass is 414 g/mol. The third-order valence-electron chi connectivity index (χ3n) is 4.39. The first-order valence-corrected chi connectivity index (χ1v) is 10.0. The van der Waals surface area contributed by atoms with Crippen LogP contribution in [0.25, 0.3) is 5.69 Å². The Balaban J connectivity index is 1.57. The lowest BCUT2D eigenvalue weighted by Crippen LogP contribution is -2.18. The molecule has 0 bridgehead atoms. The number of carbonyl (C=O) groups is 1. The van der Waals surface area contributed by atoms with Crippen LogP contribution < -0.4 is 5.32 Å². The smallest absolute Gasteiger partial charge is 0.269 e. The second kappa shape index (κ2) is 7.65. The predicted molar refractivity (Wildman–Crippen MR) is 109 cm³/mol. The van der Waals surface area contributed by atoms with E-state index in [-0.39, 0.29) is 18.0 Å². The van der Waals surface area contributed by atoms with Crippen molar-refractivity contribution in [3.63, 3.8) is 0 Å². The Morgan fingerprint density at radius 3 is 2.57 bits per heavy atom. The van der Waals surface area contributed by atoms with E-state index in [0.717, 1.165) is 28.5 Å². The Bertz CT molecular complexity index is 1050. The number of non-ortho nitro benzene ring substituents is 1. The summed E-state index contributed by atoms with van der Waals surface area (Å²) in [5.41, 5.74) is 3.50. The van der Waals surface area contributed by atoms with Gasteiger partial charge in [-0.15, -0.1) is 0 Å². The summed E-state index contributed by atoms with van der Waals surface area (Å²) in [6.07, 6.45) is 0.117. The van der Waals surface area contributed by atoms with Gasteiger partial charge in [0.1, 0.15) is 5.82 Å². The standard InChI is InChI=1S/C19H15ClN4O3S/c20-13-3-7-14(8-4-13)23-19(16-10-28-11-17(16)22-23)21-18(25)9-12-1-5-15(6-2-12)24(26)27/h1-8H,9-11H2,(H,21,25). The van der Waals surface area contributed by atoms with Crippen molar-refractivity contribution in [2.75, 3.05) is 5.32 Å². The van der Waals surface area contributed by atoms with Crippen LogP contribution in [-0.4, -0.2) is 20.6 Å². The maximum atomic E-state index is 12.6. The van der Waals surface area contributed by atoms with E-state index in [1.165, 1.54) is 12.1 Å². The minimum Gasteiger partial charge on any atom is -0.310 e. The highest BCUT2D eigenvalue weighted by Crippen LogP contribution is 2.36. The molecule has 0 unspecified atom stereocenters. The van der Waals surface area contributed by atoms with E-state index in [2.05, 4.69) is 10.4 Å².